The molecule has 2 nitrogen and oxygen atoms in total. The third kappa shape index (κ3) is 1.68. The van der Waals surface area contributed by atoms with Gasteiger partial charge in [-0.25, -0.2) is 8.78 Å². The molecule has 0 saturated carbocycles. The van der Waals surface area contributed by atoms with Gasteiger partial charge in [-0.15, -0.1) is 0 Å². The van der Waals surface area contributed by atoms with E-state index in [1.165, 1.54) is 6.07 Å². The fourth-order valence-electron chi connectivity index (χ4n) is 1.36. The Hall–Kier alpha value is -1.00. The highest BCUT2D eigenvalue weighted by molar-refractivity contribution is 5.21. The zero-order valence-corrected chi connectivity index (χ0v) is 6.89. The van der Waals surface area contributed by atoms with Crippen LogP contribution in [0.3, 0.4) is 0 Å². The number of hydrogen-bond acceptors (Lipinski definition) is 2. The molecule has 0 spiro atoms. The molecule has 0 amide bonds. The number of halogens is 2. The Morgan fingerprint density at radius 1 is 1.31 bits per heavy atom. The molecule has 2 rings (SSSR count). The summed E-state index contributed by atoms with van der Waals surface area (Å²) in [5, 5.41) is 0. The summed E-state index contributed by atoms with van der Waals surface area (Å²) in [5.74, 6) is -1.63. The van der Waals surface area contributed by atoms with E-state index in [0.717, 1.165) is 18.1 Å². The Balaban J connectivity index is 2.25. The Morgan fingerprint density at radius 3 is 2.77 bits per heavy atom. The largest absolute Gasteiger partial charge is 0.301 e. The van der Waals surface area contributed by atoms with Gasteiger partial charge in [0.25, 0.3) is 0 Å². The summed E-state index contributed by atoms with van der Waals surface area (Å²) >= 11 is 0. The summed E-state index contributed by atoms with van der Waals surface area (Å²) in [6.07, 6.45) is 0.783. The van der Waals surface area contributed by atoms with Crippen LogP contribution in [-0.4, -0.2) is 6.61 Å². The van der Waals surface area contributed by atoms with Crippen LogP contribution in [0.5, 0.6) is 0 Å². The summed E-state index contributed by atoms with van der Waals surface area (Å²) in [6, 6.07) is 3.87. The highest BCUT2D eigenvalue weighted by Crippen LogP contribution is 2.22. The molecule has 1 fully saturated rings. The Kier molecular flexibility index (Phi) is 2.24. The van der Waals surface area contributed by atoms with Gasteiger partial charge in [-0.05, 0) is 24.1 Å². The van der Waals surface area contributed by atoms with Crippen molar-refractivity contribution in [3.63, 3.8) is 0 Å². The lowest BCUT2D eigenvalue weighted by Gasteiger charge is -2.08. The second-order valence-corrected chi connectivity index (χ2v) is 2.98. The van der Waals surface area contributed by atoms with Crippen molar-refractivity contribution in [1.29, 1.82) is 0 Å². The molecular formula is C9H9F2NO. The molecule has 1 aliphatic rings. The summed E-state index contributed by atoms with van der Waals surface area (Å²) < 4.78 is 25.3. The molecule has 13 heavy (non-hydrogen) atoms. The molecule has 1 aromatic carbocycles. The van der Waals surface area contributed by atoms with Crippen LogP contribution in [0.4, 0.5) is 8.78 Å². The van der Waals surface area contributed by atoms with E-state index in [1.807, 2.05) is 0 Å². The van der Waals surface area contributed by atoms with Crippen molar-refractivity contribution < 1.29 is 13.6 Å². The number of nitrogens with one attached hydrogen (secondary N) is 1. The smallest absolute Gasteiger partial charge is 0.159 e. The average molecular weight is 185 g/mol. The molecule has 1 aliphatic heterocycles. The van der Waals surface area contributed by atoms with Gasteiger partial charge in [0.1, 0.15) is 0 Å². The monoisotopic (exact) mass is 185 g/mol. The van der Waals surface area contributed by atoms with Crippen molar-refractivity contribution in [1.82, 2.24) is 5.48 Å². The van der Waals surface area contributed by atoms with Crippen molar-refractivity contribution in [2.45, 2.75) is 12.5 Å². The van der Waals surface area contributed by atoms with Crippen LogP contribution in [-0.2, 0) is 4.84 Å². The minimum Gasteiger partial charge on any atom is -0.301 e. The first-order chi connectivity index (χ1) is 6.27. The van der Waals surface area contributed by atoms with Gasteiger partial charge >= 0.3 is 0 Å². The lowest BCUT2D eigenvalue weighted by molar-refractivity contribution is 0.0882. The molecule has 1 heterocycles. The summed E-state index contributed by atoms with van der Waals surface area (Å²) in [7, 11) is 0. The Bertz CT molecular complexity index is 310. The molecule has 1 N–H and O–H groups in total. The predicted molar refractivity (Wildman–Crippen MR) is 42.8 cm³/mol. The first kappa shape index (κ1) is 8.59. The summed E-state index contributed by atoms with van der Waals surface area (Å²) in [5.41, 5.74) is 3.45. The molecule has 0 bridgehead atoms. The average Bonchev–Trinajstić information content (AvgIpc) is 2.62. The molecule has 0 unspecified atom stereocenters. The maximum Gasteiger partial charge on any atom is 0.159 e. The zero-order valence-electron chi connectivity index (χ0n) is 6.89. The topological polar surface area (TPSA) is 21.3 Å². The molecule has 1 saturated heterocycles. The van der Waals surface area contributed by atoms with E-state index in [1.54, 1.807) is 6.07 Å². The SMILES string of the molecule is Fc1ccc([C@@H]2CCON2)cc1F. The third-order valence-corrected chi connectivity index (χ3v) is 2.08. The van der Waals surface area contributed by atoms with Crippen molar-refractivity contribution in [2.24, 2.45) is 0 Å². The van der Waals surface area contributed by atoms with Crippen LogP contribution in [0, 0.1) is 11.6 Å². The second-order valence-electron chi connectivity index (χ2n) is 2.98. The van der Waals surface area contributed by atoms with Gasteiger partial charge < -0.3 is 4.84 Å². The van der Waals surface area contributed by atoms with Gasteiger partial charge in [0.15, 0.2) is 11.6 Å². The molecule has 1 aromatic rings. The summed E-state index contributed by atoms with van der Waals surface area (Å²) in [6.45, 7) is 0.601. The standard InChI is InChI=1S/C9H9F2NO/c10-7-2-1-6(5-8(7)11)9-3-4-13-12-9/h1-2,5,9,12H,3-4H2/t9-/m0/s1. The molecular weight excluding hydrogens is 176 g/mol. The number of rotatable bonds is 1. The van der Waals surface area contributed by atoms with E-state index in [9.17, 15) is 8.78 Å². The first-order valence-electron chi connectivity index (χ1n) is 4.09. The van der Waals surface area contributed by atoms with E-state index in [-0.39, 0.29) is 6.04 Å². The van der Waals surface area contributed by atoms with Crippen LogP contribution in [0.2, 0.25) is 0 Å². The van der Waals surface area contributed by atoms with Gasteiger partial charge in [0.2, 0.25) is 0 Å². The lowest BCUT2D eigenvalue weighted by Crippen LogP contribution is -2.11. The van der Waals surface area contributed by atoms with E-state index in [4.69, 9.17) is 4.84 Å². The highest BCUT2D eigenvalue weighted by Gasteiger charge is 2.18. The quantitative estimate of drug-likeness (QED) is 0.721. The van der Waals surface area contributed by atoms with E-state index in [0.29, 0.717) is 6.61 Å². The van der Waals surface area contributed by atoms with Gasteiger partial charge in [-0.1, -0.05) is 6.07 Å². The first-order valence-corrected chi connectivity index (χ1v) is 4.09. The van der Waals surface area contributed by atoms with Crippen molar-refractivity contribution in [2.75, 3.05) is 6.61 Å². The number of hydroxylamine groups is 1. The van der Waals surface area contributed by atoms with Crippen LogP contribution in [0.25, 0.3) is 0 Å². The molecule has 0 radical (unpaired) electrons. The molecule has 0 aromatic heterocycles. The van der Waals surface area contributed by atoms with E-state index >= 15 is 0 Å². The molecule has 70 valence electrons. The fraction of sp³-hybridized carbons (Fsp3) is 0.333. The van der Waals surface area contributed by atoms with Crippen molar-refractivity contribution in [3.8, 4) is 0 Å². The van der Waals surface area contributed by atoms with E-state index < -0.39 is 11.6 Å². The fourth-order valence-corrected chi connectivity index (χ4v) is 1.36. The highest BCUT2D eigenvalue weighted by atomic mass is 19.2. The number of hydrogen-bond donors (Lipinski definition) is 1. The summed E-state index contributed by atoms with van der Waals surface area (Å²) in [4.78, 5) is 4.92. The van der Waals surface area contributed by atoms with Crippen LogP contribution in [0.1, 0.15) is 18.0 Å². The van der Waals surface area contributed by atoms with Crippen molar-refractivity contribution >= 4 is 0 Å². The van der Waals surface area contributed by atoms with Crippen LogP contribution >= 0.6 is 0 Å². The lowest BCUT2D eigenvalue weighted by atomic mass is 10.1. The predicted octanol–water partition coefficient (Wildman–Crippen LogP) is 1.93. The van der Waals surface area contributed by atoms with Crippen LogP contribution < -0.4 is 5.48 Å². The maximum atomic E-state index is 12.8. The zero-order chi connectivity index (χ0) is 9.26. The van der Waals surface area contributed by atoms with Gasteiger partial charge in [-0.2, -0.15) is 5.48 Å². The normalized spacial score (nSPS) is 22.2. The van der Waals surface area contributed by atoms with Gasteiger partial charge in [-0.3, -0.25) is 0 Å². The minimum absolute atomic E-state index is 0.0184. The maximum absolute atomic E-state index is 12.8. The van der Waals surface area contributed by atoms with Crippen LogP contribution in [0.15, 0.2) is 18.2 Å². The minimum atomic E-state index is -0.817. The van der Waals surface area contributed by atoms with Gasteiger partial charge in [0.05, 0.1) is 12.6 Å². The Labute approximate surface area is 74.5 Å². The Morgan fingerprint density at radius 2 is 2.15 bits per heavy atom. The molecule has 0 aliphatic carbocycles. The van der Waals surface area contributed by atoms with Crippen molar-refractivity contribution in [3.05, 3.63) is 35.4 Å². The third-order valence-electron chi connectivity index (χ3n) is 2.08. The molecule has 4 heteroatoms. The second kappa shape index (κ2) is 3.40. The number of benzene rings is 1. The van der Waals surface area contributed by atoms with Gasteiger partial charge in [0, 0.05) is 0 Å². The molecule has 1 atom stereocenters. The van der Waals surface area contributed by atoms with E-state index in [2.05, 4.69) is 5.48 Å².